The number of hydrogen-bond acceptors (Lipinski definition) is 4. The molecule has 3 N–H and O–H groups in total. The summed E-state index contributed by atoms with van der Waals surface area (Å²) in [4.78, 5) is 16.1. The van der Waals surface area contributed by atoms with Crippen molar-refractivity contribution in [2.24, 2.45) is 4.99 Å². The lowest BCUT2D eigenvalue weighted by molar-refractivity contribution is -0.119. The molecule has 158 valence electrons. The van der Waals surface area contributed by atoms with Crippen molar-refractivity contribution in [3.8, 4) is 11.5 Å². The first-order valence-electron chi connectivity index (χ1n) is 9.86. The lowest BCUT2D eigenvalue weighted by Crippen LogP contribution is -2.39. The molecular weight excluding hydrogens is 471 g/mol. The van der Waals surface area contributed by atoms with E-state index >= 15 is 0 Å². The van der Waals surface area contributed by atoms with Gasteiger partial charge < -0.3 is 25.4 Å². The van der Waals surface area contributed by atoms with E-state index in [1.807, 2.05) is 39.0 Å². The minimum atomic E-state index is -0.0254. The highest BCUT2D eigenvalue weighted by atomic mass is 127. The number of hydrogen-bond donors (Lipinski definition) is 3. The lowest BCUT2D eigenvalue weighted by atomic mass is 10.1. The zero-order valence-corrected chi connectivity index (χ0v) is 19.4. The highest BCUT2D eigenvalue weighted by Gasteiger charge is 2.22. The molecule has 1 saturated carbocycles. The van der Waals surface area contributed by atoms with Gasteiger partial charge in [0.2, 0.25) is 5.91 Å². The number of nitrogens with zero attached hydrogens (tertiary/aromatic N) is 1. The molecular formula is C20H33IN4O3. The molecule has 0 aliphatic heterocycles. The topological polar surface area (TPSA) is 84.0 Å². The molecule has 28 heavy (non-hydrogen) atoms. The fourth-order valence-electron chi connectivity index (χ4n) is 2.57. The van der Waals surface area contributed by atoms with Crippen molar-refractivity contribution in [2.75, 3.05) is 32.8 Å². The quantitative estimate of drug-likeness (QED) is 0.245. The molecule has 2 rings (SSSR count). The van der Waals surface area contributed by atoms with Gasteiger partial charge in [-0.2, -0.15) is 0 Å². The van der Waals surface area contributed by atoms with Gasteiger partial charge in [-0.1, -0.05) is 6.07 Å². The van der Waals surface area contributed by atoms with Crippen molar-refractivity contribution in [1.82, 2.24) is 16.0 Å². The minimum absolute atomic E-state index is 0. The van der Waals surface area contributed by atoms with Crippen molar-refractivity contribution in [1.29, 1.82) is 0 Å². The zero-order chi connectivity index (χ0) is 19.5. The molecule has 8 heteroatoms. The van der Waals surface area contributed by atoms with E-state index < -0.39 is 0 Å². The molecule has 0 radical (unpaired) electrons. The summed E-state index contributed by atoms with van der Waals surface area (Å²) in [5.74, 6) is 2.17. The number of benzene rings is 1. The fraction of sp³-hybridized carbons (Fsp3) is 0.600. The number of rotatable bonds is 11. The van der Waals surface area contributed by atoms with E-state index in [0.29, 0.717) is 31.8 Å². The van der Waals surface area contributed by atoms with E-state index in [9.17, 15) is 4.79 Å². The Morgan fingerprint density at radius 1 is 1.11 bits per heavy atom. The van der Waals surface area contributed by atoms with Gasteiger partial charge in [-0.05, 0) is 57.7 Å². The smallest absolute Gasteiger partial charge is 0.242 e. The molecule has 1 fully saturated rings. The Kier molecular flexibility index (Phi) is 11.7. The van der Waals surface area contributed by atoms with Gasteiger partial charge in [0.1, 0.15) is 6.54 Å². The molecule has 7 nitrogen and oxygen atoms in total. The van der Waals surface area contributed by atoms with Crippen LogP contribution in [-0.4, -0.2) is 50.8 Å². The van der Waals surface area contributed by atoms with Crippen LogP contribution in [0.5, 0.6) is 11.5 Å². The maximum atomic E-state index is 11.8. The maximum Gasteiger partial charge on any atom is 0.242 e. The Morgan fingerprint density at radius 3 is 2.46 bits per heavy atom. The average molecular weight is 504 g/mol. The van der Waals surface area contributed by atoms with Crippen molar-refractivity contribution >= 4 is 35.8 Å². The van der Waals surface area contributed by atoms with E-state index in [4.69, 9.17) is 9.47 Å². The molecule has 0 heterocycles. The molecule has 0 spiro atoms. The van der Waals surface area contributed by atoms with E-state index in [2.05, 4.69) is 20.9 Å². The number of amides is 1. The predicted molar refractivity (Wildman–Crippen MR) is 123 cm³/mol. The summed E-state index contributed by atoms with van der Waals surface area (Å²) in [6.07, 6.45) is 2.98. The number of carbonyl (C=O) groups is 1. The predicted octanol–water partition coefficient (Wildman–Crippen LogP) is 2.48. The van der Waals surface area contributed by atoms with Gasteiger partial charge >= 0.3 is 0 Å². The largest absolute Gasteiger partial charge is 0.490 e. The number of nitrogens with one attached hydrogen (secondary N) is 3. The molecule has 1 amide bonds. The Labute approximate surface area is 185 Å². The summed E-state index contributed by atoms with van der Waals surface area (Å²) in [6.45, 7) is 8.72. The van der Waals surface area contributed by atoms with Crippen molar-refractivity contribution in [3.05, 3.63) is 23.8 Å². The molecule has 0 saturated heterocycles. The van der Waals surface area contributed by atoms with E-state index in [-0.39, 0.29) is 36.4 Å². The number of ether oxygens (including phenoxy) is 2. The van der Waals surface area contributed by atoms with Crippen molar-refractivity contribution in [3.63, 3.8) is 0 Å². The molecule has 0 atom stereocenters. The highest BCUT2D eigenvalue weighted by molar-refractivity contribution is 14.0. The third-order valence-corrected chi connectivity index (χ3v) is 3.98. The van der Waals surface area contributed by atoms with Gasteiger partial charge in [-0.15, -0.1) is 24.0 Å². The first-order valence-corrected chi connectivity index (χ1v) is 9.86. The molecule has 0 bridgehead atoms. The number of carbonyl (C=O) groups excluding carboxylic acids is 1. The van der Waals surface area contributed by atoms with Crippen LogP contribution in [0.2, 0.25) is 0 Å². The van der Waals surface area contributed by atoms with E-state index in [1.54, 1.807) is 0 Å². The zero-order valence-electron chi connectivity index (χ0n) is 17.0. The van der Waals surface area contributed by atoms with Crippen LogP contribution in [0, 0.1) is 0 Å². The Hall–Kier alpha value is -1.71. The standard InChI is InChI=1S/C20H32N4O3.HI/c1-4-21-20(23-14-19(25)24-16-8-9-16)22-12-11-15-7-10-17(26-5-2)18(13-15)27-6-3;/h7,10,13,16H,4-6,8-9,11-12,14H2,1-3H3,(H,24,25)(H2,21,22,23);1H. The SMILES string of the molecule is CCNC(=NCC(=O)NC1CC1)NCCc1ccc(OCC)c(OCC)c1.I. The minimum Gasteiger partial charge on any atom is -0.490 e. The molecule has 1 aromatic rings. The Balaban J connectivity index is 0.00000392. The number of aliphatic imine (C=N–C) groups is 1. The monoisotopic (exact) mass is 504 g/mol. The van der Waals surface area contributed by atoms with Crippen LogP contribution in [0.1, 0.15) is 39.2 Å². The first kappa shape index (κ1) is 24.3. The molecule has 1 aliphatic rings. The highest BCUT2D eigenvalue weighted by Crippen LogP contribution is 2.28. The third-order valence-electron chi connectivity index (χ3n) is 3.98. The van der Waals surface area contributed by atoms with Crippen LogP contribution in [0.3, 0.4) is 0 Å². The fourth-order valence-corrected chi connectivity index (χ4v) is 2.57. The van der Waals surface area contributed by atoms with Crippen LogP contribution in [0.4, 0.5) is 0 Å². The van der Waals surface area contributed by atoms with Crippen molar-refractivity contribution < 1.29 is 14.3 Å². The maximum absolute atomic E-state index is 11.8. The first-order chi connectivity index (χ1) is 13.2. The van der Waals surface area contributed by atoms with Crippen LogP contribution >= 0.6 is 24.0 Å². The van der Waals surface area contributed by atoms with Crippen molar-refractivity contribution in [2.45, 2.75) is 46.1 Å². The summed E-state index contributed by atoms with van der Waals surface area (Å²) in [5, 5.41) is 9.38. The van der Waals surface area contributed by atoms with Crippen LogP contribution in [-0.2, 0) is 11.2 Å². The summed E-state index contributed by atoms with van der Waals surface area (Å²) in [7, 11) is 0. The molecule has 1 aliphatic carbocycles. The van der Waals surface area contributed by atoms with Crippen LogP contribution < -0.4 is 25.4 Å². The van der Waals surface area contributed by atoms with Gasteiger partial charge in [0.25, 0.3) is 0 Å². The van der Waals surface area contributed by atoms with Gasteiger partial charge in [0.15, 0.2) is 17.5 Å². The second-order valence-electron chi connectivity index (χ2n) is 6.36. The lowest BCUT2D eigenvalue weighted by Gasteiger charge is -2.14. The van der Waals surface area contributed by atoms with Crippen LogP contribution in [0.15, 0.2) is 23.2 Å². The van der Waals surface area contributed by atoms with E-state index in [0.717, 1.165) is 42.9 Å². The third kappa shape index (κ3) is 8.99. The van der Waals surface area contributed by atoms with Gasteiger partial charge in [-0.3, -0.25) is 4.79 Å². The number of halogens is 1. The van der Waals surface area contributed by atoms with Gasteiger partial charge in [-0.25, -0.2) is 4.99 Å². The summed E-state index contributed by atoms with van der Waals surface area (Å²) in [6, 6.07) is 6.37. The molecule has 1 aromatic carbocycles. The second-order valence-corrected chi connectivity index (χ2v) is 6.36. The Bertz CT molecular complexity index is 636. The number of guanidine groups is 1. The van der Waals surface area contributed by atoms with Crippen LogP contribution in [0.25, 0.3) is 0 Å². The molecule has 0 aromatic heterocycles. The summed E-state index contributed by atoms with van der Waals surface area (Å²) in [5.41, 5.74) is 1.15. The van der Waals surface area contributed by atoms with E-state index in [1.165, 1.54) is 0 Å². The molecule has 0 unspecified atom stereocenters. The average Bonchev–Trinajstić information content (AvgIpc) is 3.46. The Morgan fingerprint density at radius 2 is 1.82 bits per heavy atom. The summed E-state index contributed by atoms with van der Waals surface area (Å²) >= 11 is 0. The van der Waals surface area contributed by atoms with Gasteiger partial charge in [0, 0.05) is 19.1 Å². The second kappa shape index (κ2) is 13.5. The summed E-state index contributed by atoms with van der Waals surface area (Å²) < 4.78 is 11.3. The van der Waals surface area contributed by atoms with Gasteiger partial charge in [0.05, 0.1) is 13.2 Å². The normalized spacial score (nSPS) is 13.3.